The van der Waals surface area contributed by atoms with Crippen LogP contribution in [0.4, 0.5) is 0 Å². The maximum Gasteiger partial charge on any atom is 0.243 e. The molecule has 0 bridgehead atoms. The van der Waals surface area contributed by atoms with Gasteiger partial charge in [-0.05, 0) is 37.8 Å². The van der Waals surface area contributed by atoms with Crippen LogP contribution in [0.1, 0.15) is 31.7 Å². The minimum absolute atomic E-state index is 0.0163. The van der Waals surface area contributed by atoms with Gasteiger partial charge in [-0.1, -0.05) is 34.1 Å². The van der Waals surface area contributed by atoms with E-state index in [9.17, 15) is 4.79 Å². The lowest BCUT2D eigenvalue weighted by atomic mass is 9.96. The first-order chi connectivity index (χ1) is 13.0. The second-order valence-electron chi connectivity index (χ2n) is 7.04. The average molecular weight is 439 g/mol. The smallest absolute Gasteiger partial charge is 0.243 e. The summed E-state index contributed by atoms with van der Waals surface area (Å²) in [4.78, 5) is 17.9. The molecular weight excluding hydrogens is 408 g/mol. The van der Waals surface area contributed by atoms with Gasteiger partial charge in [-0.25, -0.2) is 4.99 Å². The molecule has 1 aliphatic carbocycles. The van der Waals surface area contributed by atoms with E-state index in [2.05, 4.69) is 49.8 Å². The van der Waals surface area contributed by atoms with E-state index >= 15 is 0 Å². The van der Waals surface area contributed by atoms with Gasteiger partial charge in [0.1, 0.15) is 6.54 Å². The molecule has 150 valence electrons. The average Bonchev–Trinajstić information content (AvgIpc) is 3.44. The van der Waals surface area contributed by atoms with E-state index in [-0.39, 0.29) is 17.9 Å². The van der Waals surface area contributed by atoms with E-state index in [1.54, 1.807) is 19.0 Å². The van der Waals surface area contributed by atoms with Crippen molar-refractivity contribution in [1.29, 1.82) is 0 Å². The molecule has 1 aromatic rings. The Bertz CT molecular complexity index is 645. The summed E-state index contributed by atoms with van der Waals surface area (Å²) in [7, 11) is 3.49. The number of hydrogen-bond donors (Lipinski definition) is 2. The topological polar surface area (TPSA) is 66.0 Å². The van der Waals surface area contributed by atoms with Crippen LogP contribution in [0, 0.1) is 0 Å². The summed E-state index contributed by atoms with van der Waals surface area (Å²) in [5.74, 6) is 0.664. The van der Waals surface area contributed by atoms with Crippen molar-refractivity contribution in [2.24, 2.45) is 4.99 Å². The van der Waals surface area contributed by atoms with Gasteiger partial charge in [0, 0.05) is 50.3 Å². The number of likely N-dealkylation sites (N-methyl/N-ethyl adjacent to an activating group) is 1. The fraction of sp³-hybridized carbons (Fsp3) is 0.600. The molecule has 0 unspecified atom stereocenters. The maximum atomic E-state index is 11.9. The third-order valence-corrected chi connectivity index (χ3v) is 5.42. The molecule has 0 atom stereocenters. The number of halogens is 1. The standard InChI is InChI=1S/C20H31BrN4O2/c1-4-27-13-7-12-22-19(23-14-18(26)25(2)3)24-15-20(10-11-20)16-8-5-6-9-17(16)21/h5-6,8-9H,4,7,10-15H2,1-3H3,(H2,22,23,24). The fourth-order valence-electron chi connectivity index (χ4n) is 2.82. The van der Waals surface area contributed by atoms with Crippen molar-refractivity contribution in [1.82, 2.24) is 15.5 Å². The molecule has 2 rings (SSSR count). The van der Waals surface area contributed by atoms with Crippen LogP contribution in [0.25, 0.3) is 0 Å². The minimum atomic E-state index is -0.0163. The lowest BCUT2D eigenvalue weighted by Gasteiger charge is -2.20. The molecule has 1 aromatic carbocycles. The van der Waals surface area contributed by atoms with Crippen molar-refractivity contribution in [2.45, 2.75) is 31.6 Å². The molecule has 1 amide bonds. The molecule has 0 aliphatic heterocycles. The molecule has 0 radical (unpaired) electrons. The lowest BCUT2D eigenvalue weighted by molar-refractivity contribution is -0.127. The van der Waals surface area contributed by atoms with Crippen LogP contribution in [0.3, 0.4) is 0 Å². The molecule has 1 aliphatic rings. The van der Waals surface area contributed by atoms with E-state index in [4.69, 9.17) is 4.74 Å². The normalized spacial score (nSPS) is 15.3. The number of ether oxygens (including phenoxy) is 1. The van der Waals surface area contributed by atoms with E-state index < -0.39 is 0 Å². The summed E-state index contributed by atoms with van der Waals surface area (Å²) in [6.07, 6.45) is 3.19. The molecule has 27 heavy (non-hydrogen) atoms. The van der Waals surface area contributed by atoms with E-state index in [0.717, 1.165) is 43.4 Å². The molecule has 1 fully saturated rings. The second kappa shape index (κ2) is 10.7. The van der Waals surface area contributed by atoms with Gasteiger partial charge >= 0.3 is 0 Å². The first kappa shape index (κ1) is 21.7. The monoisotopic (exact) mass is 438 g/mol. The van der Waals surface area contributed by atoms with Crippen LogP contribution in [-0.2, 0) is 14.9 Å². The van der Waals surface area contributed by atoms with Crippen LogP contribution in [0.2, 0.25) is 0 Å². The Hall–Kier alpha value is -1.60. The lowest BCUT2D eigenvalue weighted by Crippen LogP contribution is -2.42. The highest BCUT2D eigenvalue weighted by Crippen LogP contribution is 2.49. The van der Waals surface area contributed by atoms with Gasteiger partial charge in [0.25, 0.3) is 0 Å². The largest absolute Gasteiger partial charge is 0.382 e. The van der Waals surface area contributed by atoms with Crippen LogP contribution < -0.4 is 10.6 Å². The van der Waals surface area contributed by atoms with Crippen molar-refractivity contribution in [2.75, 3.05) is 46.9 Å². The zero-order chi connectivity index (χ0) is 19.7. The highest BCUT2D eigenvalue weighted by Gasteiger charge is 2.45. The number of hydrogen-bond acceptors (Lipinski definition) is 3. The number of guanidine groups is 1. The molecule has 7 heteroatoms. The quantitative estimate of drug-likeness (QED) is 0.334. The van der Waals surface area contributed by atoms with E-state index in [1.807, 2.05) is 13.0 Å². The predicted molar refractivity (Wildman–Crippen MR) is 113 cm³/mol. The maximum absolute atomic E-state index is 11.9. The number of amides is 1. The third kappa shape index (κ3) is 6.81. The van der Waals surface area contributed by atoms with Crippen molar-refractivity contribution in [3.8, 4) is 0 Å². The minimum Gasteiger partial charge on any atom is -0.382 e. The third-order valence-electron chi connectivity index (χ3n) is 4.73. The van der Waals surface area contributed by atoms with Gasteiger partial charge in [0.05, 0.1) is 0 Å². The van der Waals surface area contributed by atoms with Gasteiger partial charge in [-0.3, -0.25) is 4.79 Å². The number of carbonyl (C=O) groups is 1. The highest BCUT2D eigenvalue weighted by atomic mass is 79.9. The van der Waals surface area contributed by atoms with Gasteiger partial charge in [-0.2, -0.15) is 0 Å². The SMILES string of the molecule is CCOCCCNC(=NCC(=O)N(C)C)NCC1(c2ccccc2Br)CC1. The van der Waals surface area contributed by atoms with Crippen molar-refractivity contribution in [3.05, 3.63) is 34.3 Å². The summed E-state index contributed by atoms with van der Waals surface area (Å²) in [6, 6.07) is 8.39. The number of carbonyl (C=O) groups excluding carboxylic acids is 1. The summed E-state index contributed by atoms with van der Waals surface area (Å²) in [5, 5.41) is 6.76. The molecule has 0 heterocycles. The zero-order valence-electron chi connectivity index (χ0n) is 16.6. The Kier molecular flexibility index (Phi) is 8.57. The molecule has 1 saturated carbocycles. The molecular formula is C20H31BrN4O2. The van der Waals surface area contributed by atoms with Crippen LogP contribution >= 0.6 is 15.9 Å². The Morgan fingerprint density at radius 1 is 1.30 bits per heavy atom. The summed E-state index contributed by atoms with van der Waals surface area (Å²) in [5.41, 5.74) is 1.47. The molecule has 2 N–H and O–H groups in total. The van der Waals surface area contributed by atoms with Crippen molar-refractivity contribution >= 4 is 27.8 Å². The van der Waals surface area contributed by atoms with Gasteiger partial charge in [0.15, 0.2) is 5.96 Å². The van der Waals surface area contributed by atoms with E-state index in [1.165, 1.54) is 5.56 Å². The summed E-state index contributed by atoms with van der Waals surface area (Å²) in [6.45, 7) is 5.12. The van der Waals surface area contributed by atoms with Gasteiger partial charge in [0.2, 0.25) is 5.91 Å². The molecule has 0 spiro atoms. The van der Waals surface area contributed by atoms with Gasteiger partial charge < -0.3 is 20.3 Å². The van der Waals surface area contributed by atoms with Crippen molar-refractivity contribution in [3.63, 3.8) is 0 Å². The molecule has 0 aromatic heterocycles. The number of rotatable bonds is 10. The Morgan fingerprint density at radius 3 is 2.67 bits per heavy atom. The van der Waals surface area contributed by atoms with Crippen LogP contribution in [0.5, 0.6) is 0 Å². The van der Waals surface area contributed by atoms with Crippen LogP contribution in [-0.4, -0.2) is 63.7 Å². The second-order valence-corrected chi connectivity index (χ2v) is 7.90. The zero-order valence-corrected chi connectivity index (χ0v) is 18.1. The first-order valence-corrected chi connectivity index (χ1v) is 10.3. The predicted octanol–water partition coefficient (Wildman–Crippen LogP) is 2.53. The number of nitrogens with zero attached hydrogens (tertiary/aromatic N) is 2. The molecule has 6 nitrogen and oxygen atoms in total. The van der Waals surface area contributed by atoms with E-state index in [0.29, 0.717) is 12.6 Å². The number of nitrogens with one attached hydrogen (secondary N) is 2. The highest BCUT2D eigenvalue weighted by molar-refractivity contribution is 9.10. The fourth-order valence-corrected chi connectivity index (χ4v) is 3.53. The summed E-state index contributed by atoms with van der Waals surface area (Å²) < 4.78 is 6.52. The summed E-state index contributed by atoms with van der Waals surface area (Å²) >= 11 is 3.67. The number of aliphatic imine (C=N–C) groups is 1. The molecule has 0 saturated heterocycles. The Balaban J connectivity index is 1.95. The Morgan fingerprint density at radius 2 is 2.04 bits per heavy atom. The number of benzene rings is 1. The van der Waals surface area contributed by atoms with Gasteiger partial charge in [-0.15, -0.1) is 0 Å². The van der Waals surface area contributed by atoms with Crippen LogP contribution in [0.15, 0.2) is 33.7 Å². The Labute approximate surface area is 170 Å². The van der Waals surface area contributed by atoms with Crippen molar-refractivity contribution < 1.29 is 9.53 Å². The first-order valence-electron chi connectivity index (χ1n) is 9.53.